The summed E-state index contributed by atoms with van der Waals surface area (Å²) in [4.78, 5) is 11.9. The lowest BCUT2D eigenvalue weighted by Crippen LogP contribution is -2.30. The maximum atomic E-state index is 13.2. The second-order valence-electron chi connectivity index (χ2n) is 5.88. The molecule has 0 aliphatic carbocycles. The Labute approximate surface area is 141 Å². The number of nitrogens with zero attached hydrogens (tertiary/aromatic N) is 1. The summed E-state index contributed by atoms with van der Waals surface area (Å²) in [5.41, 5.74) is 3.53. The number of hydrogen-bond donors (Lipinski definition) is 0. The van der Waals surface area contributed by atoms with Crippen molar-refractivity contribution in [1.29, 1.82) is 0 Å². The first-order valence-corrected chi connectivity index (χ1v) is 9.10. The van der Waals surface area contributed by atoms with E-state index in [4.69, 9.17) is 4.74 Å². The van der Waals surface area contributed by atoms with E-state index in [0.29, 0.717) is 18.5 Å². The van der Waals surface area contributed by atoms with Crippen LogP contribution in [0.1, 0.15) is 27.0 Å². The molecule has 1 heterocycles. The highest BCUT2D eigenvalue weighted by atomic mass is 32.2. The highest BCUT2D eigenvalue weighted by molar-refractivity contribution is 7.93. The summed E-state index contributed by atoms with van der Waals surface area (Å²) in [7, 11) is -2.47. The largest absolute Gasteiger partial charge is 0.465 e. The van der Waals surface area contributed by atoms with Crippen molar-refractivity contribution in [3.05, 3.63) is 58.7 Å². The zero-order valence-corrected chi connectivity index (χ0v) is 14.7. The van der Waals surface area contributed by atoms with E-state index in [1.807, 2.05) is 25.1 Å². The van der Waals surface area contributed by atoms with Crippen molar-refractivity contribution in [2.45, 2.75) is 25.2 Å². The first kappa shape index (κ1) is 16.5. The monoisotopic (exact) mass is 345 g/mol. The van der Waals surface area contributed by atoms with Gasteiger partial charge in [0.1, 0.15) is 0 Å². The Kier molecular flexibility index (Phi) is 4.09. The molecule has 6 heteroatoms. The molecule has 0 atom stereocenters. The molecule has 1 aliphatic rings. The lowest BCUT2D eigenvalue weighted by Gasteiger charge is -2.22. The van der Waals surface area contributed by atoms with Gasteiger partial charge in [-0.1, -0.05) is 24.3 Å². The highest BCUT2D eigenvalue weighted by Gasteiger charge is 2.33. The van der Waals surface area contributed by atoms with E-state index in [2.05, 4.69) is 0 Å². The summed E-state index contributed by atoms with van der Waals surface area (Å²) < 4.78 is 32.6. The Bertz CT molecular complexity index is 919. The number of benzene rings is 2. The lowest BCUT2D eigenvalue weighted by atomic mass is 10.1. The van der Waals surface area contributed by atoms with Crippen LogP contribution in [0, 0.1) is 13.8 Å². The molecular weight excluding hydrogens is 326 g/mol. The van der Waals surface area contributed by atoms with Crippen molar-refractivity contribution >= 4 is 21.7 Å². The molecule has 0 aromatic heterocycles. The number of methoxy groups -OCH3 is 1. The van der Waals surface area contributed by atoms with Crippen LogP contribution in [0.3, 0.4) is 0 Å². The van der Waals surface area contributed by atoms with Crippen LogP contribution in [-0.4, -0.2) is 28.0 Å². The number of sulfonamides is 1. The molecule has 0 bridgehead atoms. The van der Waals surface area contributed by atoms with Gasteiger partial charge in [0.25, 0.3) is 10.0 Å². The van der Waals surface area contributed by atoms with Crippen LogP contribution in [0.5, 0.6) is 0 Å². The molecule has 3 rings (SSSR count). The Morgan fingerprint density at radius 3 is 2.58 bits per heavy atom. The van der Waals surface area contributed by atoms with Gasteiger partial charge in [-0.25, -0.2) is 13.2 Å². The quantitative estimate of drug-likeness (QED) is 0.803. The number of hydrogen-bond acceptors (Lipinski definition) is 4. The SMILES string of the molecule is COC(=O)c1ccc(C)c(S(=O)(=O)N2CCc3cccc(C)c32)c1. The van der Waals surface area contributed by atoms with E-state index >= 15 is 0 Å². The van der Waals surface area contributed by atoms with Crippen LogP contribution in [0.15, 0.2) is 41.3 Å². The molecule has 0 fully saturated rings. The van der Waals surface area contributed by atoms with Crippen molar-refractivity contribution in [3.63, 3.8) is 0 Å². The van der Waals surface area contributed by atoms with Gasteiger partial charge in [0.2, 0.25) is 0 Å². The predicted octanol–water partition coefficient (Wildman–Crippen LogP) is 2.84. The van der Waals surface area contributed by atoms with Crippen LogP contribution in [0.25, 0.3) is 0 Å². The molecular formula is C18H19NO4S. The van der Waals surface area contributed by atoms with E-state index in [-0.39, 0.29) is 10.5 Å². The maximum absolute atomic E-state index is 13.2. The minimum Gasteiger partial charge on any atom is -0.465 e. The van der Waals surface area contributed by atoms with Crippen molar-refractivity contribution in [2.24, 2.45) is 0 Å². The molecule has 2 aromatic carbocycles. The van der Waals surface area contributed by atoms with Crippen LogP contribution in [0.2, 0.25) is 0 Å². The van der Waals surface area contributed by atoms with Gasteiger partial charge in [0, 0.05) is 6.54 Å². The standard InChI is InChI=1S/C18H19NO4S/c1-12-7-8-15(18(20)23-3)11-16(12)24(21,22)19-10-9-14-6-4-5-13(2)17(14)19/h4-8,11H,9-10H2,1-3H3. The normalized spacial score (nSPS) is 13.7. The second-order valence-corrected chi connectivity index (χ2v) is 7.71. The minimum absolute atomic E-state index is 0.140. The van der Waals surface area contributed by atoms with Gasteiger partial charge < -0.3 is 4.74 Å². The van der Waals surface area contributed by atoms with Crippen molar-refractivity contribution < 1.29 is 17.9 Å². The molecule has 0 unspecified atom stereocenters. The first-order valence-electron chi connectivity index (χ1n) is 7.66. The smallest absolute Gasteiger partial charge is 0.337 e. The fourth-order valence-corrected chi connectivity index (χ4v) is 4.92. The van der Waals surface area contributed by atoms with Crippen LogP contribution < -0.4 is 4.31 Å². The Balaban J connectivity index is 2.13. The van der Waals surface area contributed by atoms with E-state index in [1.165, 1.54) is 17.5 Å². The molecule has 24 heavy (non-hydrogen) atoms. The predicted molar refractivity (Wildman–Crippen MR) is 91.9 cm³/mol. The Hall–Kier alpha value is -2.34. The van der Waals surface area contributed by atoms with Gasteiger partial charge in [0.05, 0.1) is 23.3 Å². The average molecular weight is 345 g/mol. The van der Waals surface area contributed by atoms with Crippen molar-refractivity contribution in [2.75, 3.05) is 18.0 Å². The fraction of sp³-hybridized carbons (Fsp3) is 0.278. The molecule has 0 spiro atoms. The van der Waals surface area contributed by atoms with Gasteiger partial charge in [0.15, 0.2) is 0 Å². The Morgan fingerprint density at radius 1 is 1.12 bits per heavy atom. The van der Waals surface area contributed by atoms with Gasteiger partial charge in [-0.2, -0.15) is 0 Å². The van der Waals surface area contributed by atoms with Crippen molar-refractivity contribution in [1.82, 2.24) is 0 Å². The molecule has 0 amide bonds. The van der Waals surface area contributed by atoms with E-state index in [1.54, 1.807) is 19.1 Å². The minimum atomic E-state index is -3.74. The number of aryl methyl sites for hydroxylation is 2. The number of ether oxygens (including phenoxy) is 1. The maximum Gasteiger partial charge on any atom is 0.337 e. The molecule has 5 nitrogen and oxygen atoms in total. The number of para-hydroxylation sites is 1. The van der Waals surface area contributed by atoms with Gasteiger partial charge in [-0.15, -0.1) is 0 Å². The summed E-state index contributed by atoms with van der Waals surface area (Å²) in [5, 5.41) is 0. The summed E-state index contributed by atoms with van der Waals surface area (Å²) in [6, 6.07) is 10.4. The number of anilines is 1. The topological polar surface area (TPSA) is 63.7 Å². The Morgan fingerprint density at radius 2 is 1.88 bits per heavy atom. The van der Waals surface area contributed by atoms with E-state index in [9.17, 15) is 13.2 Å². The second kappa shape index (κ2) is 5.94. The van der Waals surface area contributed by atoms with E-state index < -0.39 is 16.0 Å². The molecule has 0 saturated heterocycles. The zero-order valence-electron chi connectivity index (χ0n) is 13.9. The molecule has 0 saturated carbocycles. The van der Waals surface area contributed by atoms with E-state index in [0.717, 1.165) is 16.8 Å². The van der Waals surface area contributed by atoms with Crippen LogP contribution >= 0.6 is 0 Å². The van der Waals surface area contributed by atoms with Crippen LogP contribution in [-0.2, 0) is 21.2 Å². The van der Waals surface area contributed by atoms with Gasteiger partial charge in [-0.3, -0.25) is 4.31 Å². The molecule has 1 aliphatic heterocycles. The van der Waals surface area contributed by atoms with Gasteiger partial charge >= 0.3 is 5.97 Å². The first-order chi connectivity index (χ1) is 11.4. The molecule has 0 N–H and O–H groups in total. The number of fused-ring (bicyclic) bond motifs is 1. The molecule has 0 radical (unpaired) electrons. The highest BCUT2D eigenvalue weighted by Crippen LogP contribution is 2.36. The number of rotatable bonds is 3. The fourth-order valence-electron chi connectivity index (χ4n) is 3.09. The third-order valence-corrected chi connectivity index (χ3v) is 6.27. The van der Waals surface area contributed by atoms with Gasteiger partial charge in [-0.05, 0) is 49.1 Å². The summed E-state index contributed by atoms with van der Waals surface area (Å²) in [6.07, 6.45) is 0.686. The zero-order chi connectivity index (χ0) is 17.5. The average Bonchev–Trinajstić information content (AvgIpc) is 3.00. The number of carbonyl (C=O) groups excluding carboxylic acids is 1. The van der Waals surface area contributed by atoms with Crippen LogP contribution in [0.4, 0.5) is 5.69 Å². The summed E-state index contributed by atoms with van der Waals surface area (Å²) in [6.45, 7) is 4.04. The molecule has 2 aromatic rings. The number of esters is 1. The summed E-state index contributed by atoms with van der Waals surface area (Å²) in [5.74, 6) is -0.551. The summed E-state index contributed by atoms with van der Waals surface area (Å²) >= 11 is 0. The van der Waals surface area contributed by atoms with Crippen molar-refractivity contribution in [3.8, 4) is 0 Å². The molecule has 126 valence electrons. The third-order valence-electron chi connectivity index (χ3n) is 4.33. The lowest BCUT2D eigenvalue weighted by molar-refractivity contribution is 0.0600. The number of carbonyl (C=O) groups is 1. The third kappa shape index (κ3) is 2.57.